The normalized spacial score (nSPS) is 16.8. The molecular weight excluding hydrogens is 617 g/mol. The molecule has 3 aromatic carbocycles. The summed E-state index contributed by atoms with van der Waals surface area (Å²) in [6, 6.07) is 17.2. The molecule has 0 aromatic heterocycles. The van der Waals surface area contributed by atoms with E-state index in [1.165, 1.54) is 6.07 Å². The number of carbonyl (C=O) groups excluding carboxylic acids is 1. The molecule has 8 nitrogen and oxygen atoms in total. The minimum absolute atomic E-state index is 0.0204. The first kappa shape index (κ1) is 35.6. The SMILES string of the molecule is CCN(CC)c1cc(C(=O)N[C@@H](Cc2ccccc2)[C@@H](O)CNCc2cccc(C(F)(F)F)c2)cc(N2CCCCS2(O)O)c1C. The molecule has 12 heteroatoms. The number of hydrogen-bond acceptors (Lipinski definition) is 7. The maximum Gasteiger partial charge on any atom is 0.416 e. The fourth-order valence-corrected chi connectivity index (χ4v) is 7.56. The molecule has 0 aliphatic carbocycles. The highest BCUT2D eigenvalue weighted by atomic mass is 32.3. The van der Waals surface area contributed by atoms with Crippen LogP contribution in [0, 0.1) is 6.92 Å². The summed E-state index contributed by atoms with van der Waals surface area (Å²) in [6.45, 7) is 7.91. The molecule has 0 radical (unpaired) electrons. The molecule has 0 spiro atoms. The van der Waals surface area contributed by atoms with Crippen LogP contribution >= 0.6 is 10.8 Å². The lowest BCUT2D eigenvalue weighted by molar-refractivity contribution is -0.137. The molecule has 2 atom stereocenters. The van der Waals surface area contributed by atoms with Crippen LogP contribution in [0.4, 0.5) is 24.5 Å². The topological polar surface area (TPSA) is 108 Å². The van der Waals surface area contributed by atoms with E-state index >= 15 is 0 Å². The van der Waals surface area contributed by atoms with Crippen LogP contribution < -0.4 is 19.8 Å². The van der Waals surface area contributed by atoms with Crippen LogP contribution in [0.1, 0.15) is 59.3 Å². The molecule has 1 amide bonds. The summed E-state index contributed by atoms with van der Waals surface area (Å²) in [4.78, 5) is 16.0. The van der Waals surface area contributed by atoms with Crippen molar-refractivity contribution in [2.45, 2.75) is 64.9 Å². The minimum Gasteiger partial charge on any atom is -0.390 e. The van der Waals surface area contributed by atoms with E-state index in [-0.39, 0.29) is 18.8 Å². The van der Waals surface area contributed by atoms with Gasteiger partial charge in [0, 0.05) is 44.0 Å². The summed E-state index contributed by atoms with van der Waals surface area (Å²) >= 11 is 0. The number of aliphatic hydroxyl groups excluding tert-OH is 1. The molecule has 0 saturated carbocycles. The van der Waals surface area contributed by atoms with Gasteiger partial charge in [-0.3, -0.25) is 18.2 Å². The zero-order valence-electron chi connectivity index (χ0n) is 26.6. The van der Waals surface area contributed by atoms with Gasteiger partial charge in [-0.1, -0.05) is 48.5 Å². The standard InChI is InChI=1S/C34H45F3N4O4S/c1-4-40(5-2)30-20-27(21-31(24(30)3)41-16-9-10-17-46(41,44)45)33(43)39-29(19-25-12-7-6-8-13-25)32(42)23-38-22-26-14-11-15-28(18-26)34(35,36)37/h6-8,11-15,18,20-21,29,32,38,42,44-45H,4-5,9-10,16-17,19,22-23H2,1-3H3,(H,39,43)/t29-,32-/m0/s1. The third kappa shape index (κ3) is 8.95. The number of nitrogens with one attached hydrogen (secondary N) is 2. The zero-order valence-corrected chi connectivity index (χ0v) is 27.4. The predicted molar refractivity (Wildman–Crippen MR) is 180 cm³/mol. The van der Waals surface area contributed by atoms with E-state index < -0.39 is 40.6 Å². The number of aliphatic hydroxyl groups is 1. The number of rotatable bonds is 13. The smallest absolute Gasteiger partial charge is 0.390 e. The van der Waals surface area contributed by atoms with Gasteiger partial charge < -0.3 is 20.6 Å². The number of amides is 1. The lowest BCUT2D eigenvalue weighted by Crippen LogP contribution is -2.48. The second kappa shape index (κ2) is 15.5. The third-order valence-electron chi connectivity index (χ3n) is 8.39. The first-order valence-electron chi connectivity index (χ1n) is 15.7. The van der Waals surface area contributed by atoms with Crippen molar-refractivity contribution in [3.8, 4) is 0 Å². The highest BCUT2D eigenvalue weighted by Crippen LogP contribution is 2.51. The van der Waals surface area contributed by atoms with Crippen molar-refractivity contribution in [3.63, 3.8) is 0 Å². The van der Waals surface area contributed by atoms with Crippen LogP contribution in [0.15, 0.2) is 66.7 Å². The number of halogens is 3. The summed E-state index contributed by atoms with van der Waals surface area (Å²) in [5.74, 6) is -0.163. The number of nitrogens with zero attached hydrogens (tertiary/aromatic N) is 2. The van der Waals surface area contributed by atoms with Gasteiger partial charge in [0.2, 0.25) is 0 Å². The van der Waals surface area contributed by atoms with Crippen molar-refractivity contribution >= 4 is 28.1 Å². The summed E-state index contributed by atoms with van der Waals surface area (Å²) < 4.78 is 63.0. The van der Waals surface area contributed by atoms with Crippen LogP contribution in [0.25, 0.3) is 0 Å². The molecule has 1 fully saturated rings. The maximum absolute atomic E-state index is 13.9. The fourth-order valence-electron chi connectivity index (χ4n) is 5.82. The molecule has 3 aromatic rings. The summed E-state index contributed by atoms with van der Waals surface area (Å²) in [5, 5.41) is 17.3. The van der Waals surface area contributed by atoms with Gasteiger partial charge in [-0.2, -0.15) is 13.2 Å². The zero-order chi connectivity index (χ0) is 33.5. The van der Waals surface area contributed by atoms with Gasteiger partial charge in [0.05, 0.1) is 29.1 Å². The van der Waals surface area contributed by atoms with Gasteiger partial charge in [0.15, 0.2) is 0 Å². The fraction of sp³-hybridized carbons (Fsp3) is 0.441. The molecule has 1 heterocycles. The summed E-state index contributed by atoms with van der Waals surface area (Å²) in [5.41, 5.74) is 3.15. The molecule has 0 bridgehead atoms. The van der Waals surface area contributed by atoms with Crippen molar-refractivity contribution < 1.29 is 32.2 Å². The molecular formula is C34H45F3N4O4S. The van der Waals surface area contributed by atoms with Crippen molar-refractivity contribution in [2.75, 3.05) is 41.1 Å². The van der Waals surface area contributed by atoms with Crippen LogP contribution in [-0.4, -0.2) is 64.2 Å². The molecule has 4 rings (SSSR count). The third-order valence-corrected chi connectivity index (χ3v) is 10.3. The molecule has 1 saturated heterocycles. The van der Waals surface area contributed by atoms with Crippen molar-refractivity contribution in [1.82, 2.24) is 10.6 Å². The van der Waals surface area contributed by atoms with E-state index in [0.717, 1.165) is 35.4 Å². The Morgan fingerprint density at radius 3 is 2.35 bits per heavy atom. The average Bonchev–Trinajstić information content (AvgIpc) is 3.02. The highest BCUT2D eigenvalue weighted by molar-refractivity contribution is 8.25. The van der Waals surface area contributed by atoms with Crippen molar-refractivity contribution in [2.24, 2.45) is 0 Å². The van der Waals surface area contributed by atoms with Crippen molar-refractivity contribution in [1.29, 1.82) is 0 Å². The van der Waals surface area contributed by atoms with Crippen LogP contribution in [-0.2, 0) is 19.1 Å². The average molecular weight is 663 g/mol. The summed E-state index contributed by atoms with van der Waals surface area (Å²) in [6.07, 6.45) is -3.70. The Hall–Kier alpha value is -3.29. The van der Waals surface area contributed by atoms with E-state index in [9.17, 15) is 32.2 Å². The Bertz CT molecular complexity index is 1450. The van der Waals surface area contributed by atoms with Crippen LogP contribution in [0.2, 0.25) is 0 Å². The Morgan fingerprint density at radius 1 is 1.00 bits per heavy atom. The number of alkyl halides is 3. The summed E-state index contributed by atoms with van der Waals surface area (Å²) in [7, 11) is -3.05. The van der Waals surface area contributed by atoms with Crippen molar-refractivity contribution in [3.05, 3.63) is 94.5 Å². The lowest BCUT2D eigenvalue weighted by atomic mass is 9.99. The highest BCUT2D eigenvalue weighted by Gasteiger charge is 2.32. The van der Waals surface area contributed by atoms with Gasteiger partial charge in [0.25, 0.3) is 5.91 Å². The first-order chi connectivity index (χ1) is 21.8. The van der Waals surface area contributed by atoms with Gasteiger partial charge in [-0.15, -0.1) is 10.8 Å². The molecule has 252 valence electrons. The Kier molecular flexibility index (Phi) is 12.0. The van der Waals surface area contributed by atoms with E-state index in [1.807, 2.05) is 51.1 Å². The minimum atomic E-state index is -4.45. The lowest BCUT2D eigenvalue weighted by Gasteiger charge is -2.48. The number of hydrogen-bond donors (Lipinski definition) is 5. The number of carbonyl (C=O) groups is 1. The maximum atomic E-state index is 13.9. The molecule has 5 N–H and O–H groups in total. The van der Waals surface area contributed by atoms with E-state index in [4.69, 9.17) is 0 Å². The quantitative estimate of drug-likeness (QED) is 0.140. The van der Waals surface area contributed by atoms with Gasteiger partial charge >= 0.3 is 6.18 Å². The Morgan fingerprint density at radius 2 is 1.70 bits per heavy atom. The molecule has 0 unspecified atom stereocenters. The Balaban J connectivity index is 1.59. The predicted octanol–water partition coefficient (Wildman–Crippen LogP) is 6.62. The monoisotopic (exact) mass is 662 g/mol. The molecule has 1 aliphatic rings. The Labute approximate surface area is 271 Å². The second-order valence-electron chi connectivity index (χ2n) is 11.6. The van der Waals surface area contributed by atoms with E-state index in [0.29, 0.717) is 49.3 Å². The van der Waals surface area contributed by atoms with Gasteiger partial charge in [0.1, 0.15) is 0 Å². The van der Waals surface area contributed by atoms with E-state index in [1.54, 1.807) is 22.5 Å². The largest absolute Gasteiger partial charge is 0.416 e. The second-order valence-corrected chi connectivity index (χ2v) is 13.7. The molecule has 46 heavy (non-hydrogen) atoms. The van der Waals surface area contributed by atoms with Crippen LogP contribution in [0.5, 0.6) is 0 Å². The van der Waals surface area contributed by atoms with Gasteiger partial charge in [-0.05, 0) is 74.9 Å². The van der Waals surface area contributed by atoms with Crippen LogP contribution in [0.3, 0.4) is 0 Å². The first-order valence-corrected chi connectivity index (χ1v) is 17.3. The van der Waals surface area contributed by atoms with Gasteiger partial charge in [-0.25, -0.2) is 0 Å². The molecule has 1 aliphatic heterocycles. The number of anilines is 2. The number of benzene rings is 3. The van der Waals surface area contributed by atoms with E-state index in [2.05, 4.69) is 15.5 Å².